The highest BCUT2D eigenvalue weighted by molar-refractivity contribution is 5.85. The lowest BCUT2D eigenvalue weighted by Crippen LogP contribution is -2.36. The number of fused-ring (bicyclic) bond motifs is 1. The molecule has 3 heteroatoms. The molecule has 0 aromatic heterocycles. The van der Waals surface area contributed by atoms with Gasteiger partial charge in [0.15, 0.2) is 0 Å². The third-order valence-corrected chi connectivity index (χ3v) is 7.13. The van der Waals surface area contributed by atoms with Crippen LogP contribution < -0.4 is 4.74 Å². The van der Waals surface area contributed by atoms with Gasteiger partial charge in [-0.25, -0.2) is 0 Å². The highest BCUT2D eigenvalue weighted by Gasteiger charge is 2.91. The number of likely N-dealkylation sites (tertiary alicyclic amines) is 1. The number of nitrogens with zero attached hydrogens (tertiary/aromatic N) is 1. The van der Waals surface area contributed by atoms with Crippen LogP contribution in [-0.2, 0) is 16.6 Å². The molecule has 1 aromatic carbocycles. The number of methoxy groups -OCH3 is 1. The van der Waals surface area contributed by atoms with E-state index in [1.807, 2.05) is 0 Å². The first-order valence-electron chi connectivity index (χ1n) is 7.96. The van der Waals surface area contributed by atoms with Gasteiger partial charge >= 0.3 is 0 Å². The summed E-state index contributed by atoms with van der Waals surface area (Å²) >= 11 is 0. The number of hydrogen-bond donors (Lipinski definition) is 0. The molecule has 1 aromatic rings. The maximum Gasteiger partial charge on any atom is 0.133 e. The molecule has 0 bridgehead atoms. The van der Waals surface area contributed by atoms with Gasteiger partial charge in [-0.2, -0.15) is 0 Å². The molecule has 21 heavy (non-hydrogen) atoms. The third kappa shape index (κ3) is 1.04. The smallest absolute Gasteiger partial charge is 0.133 e. The van der Waals surface area contributed by atoms with E-state index in [0.717, 1.165) is 44.5 Å². The lowest BCUT2D eigenvalue weighted by atomic mass is 9.73. The zero-order chi connectivity index (χ0) is 14.5. The lowest BCUT2D eigenvalue weighted by Gasteiger charge is -2.33. The molecule has 1 aliphatic heterocycles. The number of rotatable bonds is 1. The Labute approximate surface area is 125 Å². The standard InChI is InChI=1S/C18H21NO2/c1-19-10-16-6-5-13(20)9-18(16)15-7-14(21-2)4-3-12(15)8-17(16,18)11-19/h3-4,7H,5-6,8-11H2,1-2H3. The summed E-state index contributed by atoms with van der Waals surface area (Å²) in [7, 11) is 3.97. The van der Waals surface area contributed by atoms with Crippen LogP contribution in [0.4, 0.5) is 0 Å². The van der Waals surface area contributed by atoms with Crippen molar-refractivity contribution in [2.24, 2.45) is 10.8 Å². The number of ether oxygens (including phenoxy) is 1. The molecule has 1 saturated heterocycles. The van der Waals surface area contributed by atoms with E-state index in [1.165, 1.54) is 11.1 Å². The van der Waals surface area contributed by atoms with E-state index >= 15 is 0 Å². The summed E-state index contributed by atoms with van der Waals surface area (Å²) in [5.74, 6) is 1.40. The van der Waals surface area contributed by atoms with E-state index < -0.39 is 0 Å². The number of hydrogen-bond acceptors (Lipinski definition) is 3. The Morgan fingerprint density at radius 1 is 1.19 bits per heavy atom. The van der Waals surface area contributed by atoms with Crippen molar-refractivity contribution in [1.29, 1.82) is 0 Å². The highest BCUT2D eigenvalue weighted by Crippen LogP contribution is 2.89. The second-order valence-corrected chi connectivity index (χ2v) is 7.66. The quantitative estimate of drug-likeness (QED) is 0.791. The summed E-state index contributed by atoms with van der Waals surface area (Å²) in [6.07, 6.45) is 3.80. The molecule has 3 unspecified atom stereocenters. The predicted molar refractivity (Wildman–Crippen MR) is 79.6 cm³/mol. The molecular weight excluding hydrogens is 262 g/mol. The molecule has 3 spiro atoms. The number of carbonyl (C=O) groups excluding carboxylic acids is 1. The van der Waals surface area contributed by atoms with Crippen LogP contribution in [0.3, 0.4) is 0 Å². The minimum atomic E-state index is 0.131. The van der Waals surface area contributed by atoms with Crippen LogP contribution in [0.15, 0.2) is 18.2 Å². The van der Waals surface area contributed by atoms with E-state index in [-0.39, 0.29) is 5.41 Å². The topological polar surface area (TPSA) is 29.5 Å². The monoisotopic (exact) mass is 283 g/mol. The average molecular weight is 283 g/mol. The van der Waals surface area contributed by atoms with Gasteiger partial charge in [-0.15, -0.1) is 0 Å². The van der Waals surface area contributed by atoms with Gasteiger partial charge < -0.3 is 9.64 Å². The van der Waals surface area contributed by atoms with Crippen LogP contribution in [0, 0.1) is 10.8 Å². The van der Waals surface area contributed by atoms with Gasteiger partial charge in [0.05, 0.1) is 7.11 Å². The van der Waals surface area contributed by atoms with Crippen molar-refractivity contribution in [3.63, 3.8) is 0 Å². The van der Waals surface area contributed by atoms with Crippen LogP contribution in [0.2, 0.25) is 0 Å². The fourth-order valence-corrected chi connectivity index (χ4v) is 6.63. The molecule has 1 heterocycles. The number of carbonyl (C=O) groups is 1. The van der Waals surface area contributed by atoms with Gasteiger partial charge in [0.2, 0.25) is 0 Å². The van der Waals surface area contributed by atoms with Crippen LogP contribution in [0.5, 0.6) is 5.75 Å². The third-order valence-electron chi connectivity index (χ3n) is 7.13. The van der Waals surface area contributed by atoms with Crippen molar-refractivity contribution < 1.29 is 9.53 Å². The molecule has 4 aliphatic rings. The molecule has 2 saturated carbocycles. The lowest BCUT2D eigenvalue weighted by molar-refractivity contribution is -0.121. The van der Waals surface area contributed by atoms with E-state index in [1.54, 1.807) is 7.11 Å². The van der Waals surface area contributed by atoms with Gasteiger partial charge in [0.25, 0.3) is 0 Å². The molecular formula is C18H21NO2. The maximum atomic E-state index is 12.3. The largest absolute Gasteiger partial charge is 0.497 e. The first kappa shape index (κ1) is 12.2. The summed E-state index contributed by atoms with van der Waals surface area (Å²) in [5, 5.41) is 0. The van der Waals surface area contributed by atoms with E-state index in [4.69, 9.17) is 4.74 Å². The van der Waals surface area contributed by atoms with Gasteiger partial charge in [-0.3, -0.25) is 4.79 Å². The second-order valence-electron chi connectivity index (χ2n) is 7.66. The molecule has 3 nitrogen and oxygen atoms in total. The van der Waals surface area contributed by atoms with Crippen LogP contribution >= 0.6 is 0 Å². The number of Topliss-reactive ketones (excluding diaryl/α,β-unsaturated/α-hetero) is 1. The zero-order valence-electron chi connectivity index (χ0n) is 12.7. The predicted octanol–water partition coefficient (Wildman–Crippen LogP) is 2.17. The van der Waals surface area contributed by atoms with E-state index in [2.05, 4.69) is 30.1 Å². The zero-order valence-corrected chi connectivity index (χ0v) is 12.7. The summed E-state index contributed by atoms with van der Waals surface area (Å²) in [4.78, 5) is 14.7. The number of benzene rings is 1. The molecule has 110 valence electrons. The van der Waals surface area contributed by atoms with Crippen molar-refractivity contribution in [1.82, 2.24) is 4.90 Å². The van der Waals surface area contributed by atoms with Gasteiger partial charge in [-0.05, 0) is 43.1 Å². The highest BCUT2D eigenvalue weighted by atomic mass is 16.5. The summed E-state index contributed by atoms with van der Waals surface area (Å²) < 4.78 is 5.45. The molecule has 0 N–H and O–H groups in total. The Morgan fingerprint density at radius 2 is 2.00 bits per heavy atom. The van der Waals surface area contributed by atoms with Gasteiger partial charge in [0.1, 0.15) is 11.5 Å². The maximum absolute atomic E-state index is 12.3. The Morgan fingerprint density at radius 3 is 2.81 bits per heavy atom. The van der Waals surface area contributed by atoms with Crippen molar-refractivity contribution in [2.75, 3.05) is 27.2 Å². The molecule has 3 atom stereocenters. The SMILES string of the molecule is COc1ccc2c(c1)C13CC(=O)CCC14CN(C)CC43C2. The van der Waals surface area contributed by atoms with E-state index in [0.29, 0.717) is 16.6 Å². The first-order chi connectivity index (χ1) is 10.1. The Kier molecular flexibility index (Phi) is 1.95. The minimum Gasteiger partial charge on any atom is -0.497 e. The molecule has 3 aliphatic carbocycles. The Hall–Kier alpha value is -1.35. The van der Waals surface area contributed by atoms with Crippen LogP contribution in [-0.4, -0.2) is 37.9 Å². The summed E-state index contributed by atoms with van der Waals surface area (Å²) in [5.41, 5.74) is 3.71. The van der Waals surface area contributed by atoms with Crippen LogP contribution in [0.1, 0.15) is 30.4 Å². The number of ketones is 1. The van der Waals surface area contributed by atoms with Gasteiger partial charge in [0, 0.05) is 42.2 Å². The summed E-state index contributed by atoms with van der Waals surface area (Å²) in [6, 6.07) is 6.52. The van der Waals surface area contributed by atoms with Crippen LogP contribution in [0.25, 0.3) is 0 Å². The summed E-state index contributed by atoms with van der Waals surface area (Å²) in [6.45, 7) is 2.31. The van der Waals surface area contributed by atoms with E-state index in [9.17, 15) is 4.79 Å². The Bertz CT molecular complexity index is 684. The normalized spacial score (nSPS) is 43.0. The van der Waals surface area contributed by atoms with Crippen molar-refractivity contribution in [2.45, 2.75) is 31.1 Å². The number of piperidine rings is 1. The molecule has 0 radical (unpaired) electrons. The molecule has 0 amide bonds. The molecule has 3 fully saturated rings. The average Bonchev–Trinajstić information content (AvgIpc) is 2.70. The van der Waals surface area contributed by atoms with Crippen molar-refractivity contribution in [3.8, 4) is 5.75 Å². The fraction of sp³-hybridized carbons (Fsp3) is 0.611. The van der Waals surface area contributed by atoms with Crippen molar-refractivity contribution in [3.05, 3.63) is 29.3 Å². The first-order valence-corrected chi connectivity index (χ1v) is 7.96. The molecule has 5 rings (SSSR count). The van der Waals surface area contributed by atoms with Crippen molar-refractivity contribution >= 4 is 5.78 Å². The Balaban J connectivity index is 1.73. The minimum absolute atomic E-state index is 0.131. The second kappa shape index (κ2) is 3.35. The van der Waals surface area contributed by atoms with Gasteiger partial charge in [-0.1, -0.05) is 6.07 Å². The fourth-order valence-electron chi connectivity index (χ4n) is 6.63.